The summed E-state index contributed by atoms with van der Waals surface area (Å²) < 4.78 is 11.2. The van der Waals surface area contributed by atoms with Gasteiger partial charge in [0, 0.05) is 23.5 Å². The van der Waals surface area contributed by atoms with E-state index in [4.69, 9.17) is 15.9 Å². The predicted octanol–water partition coefficient (Wildman–Crippen LogP) is -2.02. The average molecular weight is 395 g/mol. The number of likely N-dealkylation sites (tertiary alicyclic amines) is 1. The fourth-order valence-electron chi connectivity index (χ4n) is 2.29. The van der Waals surface area contributed by atoms with Gasteiger partial charge in [-0.3, -0.25) is 18.6 Å². The molecule has 0 aromatic rings. The van der Waals surface area contributed by atoms with Gasteiger partial charge in [0.2, 0.25) is 5.91 Å². The van der Waals surface area contributed by atoms with Crippen molar-refractivity contribution in [2.24, 2.45) is 5.73 Å². The molecule has 0 bridgehead atoms. The van der Waals surface area contributed by atoms with Crippen molar-refractivity contribution in [2.45, 2.75) is 36.2 Å². The van der Waals surface area contributed by atoms with Crippen LogP contribution in [0.15, 0.2) is 0 Å². The number of carbonyl (C=O) groups excluding carboxylic acids is 2. The molecule has 5 N–H and O–H groups in total. The van der Waals surface area contributed by atoms with Gasteiger partial charge in [-0.2, -0.15) is 0 Å². The van der Waals surface area contributed by atoms with Gasteiger partial charge in [0.1, 0.15) is 12.1 Å². The molecule has 25 heavy (non-hydrogen) atoms. The molecule has 2 amide bonds. The topological polar surface area (TPSA) is 167 Å². The Bertz CT molecular complexity index is 600. The number of β-lactam (4-membered cyclic amide) rings is 1. The Morgan fingerprint density at radius 2 is 2.00 bits per heavy atom. The predicted molar refractivity (Wildman–Crippen MR) is 91.4 cm³/mol. The minimum absolute atomic E-state index is 0.0437. The van der Waals surface area contributed by atoms with Crippen LogP contribution in [0.4, 0.5) is 0 Å². The van der Waals surface area contributed by atoms with Crippen LogP contribution < -0.4 is 11.1 Å². The first kappa shape index (κ1) is 21.4. The van der Waals surface area contributed by atoms with Crippen LogP contribution in [0.2, 0.25) is 0 Å². The molecule has 1 saturated heterocycles. The van der Waals surface area contributed by atoms with Crippen LogP contribution >= 0.6 is 12.6 Å². The zero-order valence-corrected chi connectivity index (χ0v) is 15.2. The lowest BCUT2D eigenvalue weighted by Crippen LogP contribution is -2.74. The fourth-order valence-corrected chi connectivity index (χ4v) is 3.47. The van der Waals surface area contributed by atoms with Crippen molar-refractivity contribution in [3.63, 3.8) is 0 Å². The monoisotopic (exact) mass is 395 g/mol. The van der Waals surface area contributed by atoms with Crippen LogP contribution in [0.5, 0.6) is 0 Å². The molecule has 0 aromatic heterocycles. The minimum Gasteiger partial charge on any atom is -0.480 e. The molecule has 10 nitrogen and oxygen atoms in total. The van der Waals surface area contributed by atoms with Crippen LogP contribution in [0.25, 0.3) is 0 Å². The molecule has 1 heterocycles. The molecule has 142 valence electrons. The van der Waals surface area contributed by atoms with Crippen molar-refractivity contribution in [1.29, 1.82) is 0 Å². The van der Waals surface area contributed by atoms with Gasteiger partial charge in [-0.25, -0.2) is 4.79 Å². The minimum atomic E-state index is -1.52. The standard InChI is InChI=1S/C13H21N3O7S2/c1-25(23)5-8(11(20)21)16-6-13(24,12(16)22)15-9(17)4-2-3-7(14)10(18)19/h7-8,24H,2-6,14H2,1H3,(H,15,17)(H,18,19)(H,20,21)/t7-,8+,13+,25?/m0/s1. The van der Waals surface area contributed by atoms with Crippen molar-refractivity contribution in [1.82, 2.24) is 10.2 Å². The normalized spacial score (nSPS) is 23.3. The molecular formula is C13H21N3O7S2. The van der Waals surface area contributed by atoms with E-state index in [1.54, 1.807) is 0 Å². The molecular weight excluding hydrogens is 374 g/mol. The highest BCUT2D eigenvalue weighted by atomic mass is 32.2. The van der Waals surface area contributed by atoms with E-state index in [1.165, 1.54) is 6.26 Å². The number of nitrogens with two attached hydrogens (primary N) is 1. The number of amides is 2. The maximum atomic E-state index is 12.2. The van der Waals surface area contributed by atoms with Crippen LogP contribution in [-0.2, 0) is 30.0 Å². The Hall–Kier alpha value is -1.66. The largest absolute Gasteiger partial charge is 0.480 e. The van der Waals surface area contributed by atoms with Crippen LogP contribution in [0.1, 0.15) is 19.3 Å². The van der Waals surface area contributed by atoms with E-state index in [1.807, 2.05) is 0 Å². The molecule has 4 atom stereocenters. The summed E-state index contributed by atoms with van der Waals surface area (Å²) in [5.74, 6) is -3.88. The lowest BCUT2D eigenvalue weighted by atomic mass is 10.0. The van der Waals surface area contributed by atoms with Gasteiger partial charge in [-0.05, 0) is 12.8 Å². The van der Waals surface area contributed by atoms with Crippen molar-refractivity contribution in [3.8, 4) is 0 Å². The Labute approximate surface area is 152 Å². The second-order valence-electron chi connectivity index (χ2n) is 5.77. The van der Waals surface area contributed by atoms with Gasteiger partial charge >= 0.3 is 11.9 Å². The lowest BCUT2D eigenvalue weighted by molar-refractivity contribution is -0.160. The zero-order chi connectivity index (χ0) is 19.4. The van der Waals surface area contributed by atoms with E-state index < -0.39 is 51.5 Å². The molecule has 0 saturated carbocycles. The first-order valence-electron chi connectivity index (χ1n) is 7.33. The maximum absolute atomic E-state index is 12.2. The van der Waals surface area contributed by atoms with Crippen LogP contribution in [0, 0.1) is 0 Å². The molecule has 1 fully saturated rings. The molecule has 1 rings (SSSR count). The summed E-state index contributed by atoms with van der Waals surface area (Å²) >= 11 is 4.11. The van der Waals surface area contributed by atoms with Crippen molar-refractivity contribution < 1.29 is 33.6 Å². The number of hydrogen-bond donors (Lipinski definition) is 5. The summed E-state index contributed by atoms with van der Waals surface area (Å²) in [4.78, 5) is 45.3. The molecule has 1 aliphatic heterocycles. The van der Waals surface area contributed by atoms with Crippen molar-refractivity contribution >= 4 is 47.2 Å². The number of nitrogens with one attached hydrogen (secondary N) is 1. The SMILES string of the molecule is CS(=O)C[C@H](C(=O)O)N1C[C@](S)(NC(=O)CCC[C@H](N)C(=O)O)C1=O. The number of nitrogens with zero attached hydrogens (tertiary/aromatic N) is 1. The first-order valence-corrected chi connectivity index (χ1v) is 9.51. The molecule has 0 aromatic carbocycles. The highest BCUT2D eigenvalue weighted by Gasteiger charge is 2.54. The highest BCUT2D eigenvalue weighted by Crippen LogP contribution is 2.29. The molecule has 0 aliphatic carbocycles. The van der Waals surface area contributed by atoms with Gasteiger partial charge in [0.15, 0.2) is 4.87 Å². The summed E-state index contributed by atoms with van der Waals surface area (Å²) in [7, 11) is -1.41. The summed E-state index contributed by atoms with van der Waals surface area (Å²) in [6, 6.07) is -2.31. The molecule has 1 unspecified atom stereocenters. The van der Waals surface area contributed by atoms with Crippen molar-refractivity contribution in [2.75, 3.05) is 18.6 Å². The van der Waals surface area contributed by atoms with Gasteiger partial charge < -0.3 is 26.2 Å². The number of hydrogen-bond acceptors (Lipinski definition) is 7. The smallest absolute Gasteiger partial charge is 0.327 e. The van der Waals surface area contributed by atoms with Gasteiger partial charge in [0.25, 0.3) is 5.91 Å². The van der Waals surface area contributed by atoms with Gasteiger partial charge in [-0.1, -0.05) is 0 Å². The summed E-state index contributed by atoms with van der Waals surface area (Å²) in [6.07, 6.45) is 1.61. The summed E-state index contributed by atoms with van der Waals surface area (Å²) in [5.41, 5.74) is 5.32. The van der Waals surface area contributed by atoms with E-state index in [9.17, 15) is 23.4 Å². The van der Waals surface area contributed by atoms with E-state index in [0.717, 1.165) is 4.90 Å². The van der Waals surface area contributed by atoms with Gasteiger partial charge in [0.05, 0.1) is 12.3 Å². The second-order valence-corrected chi connectivity index (χ2v) is 8.02. The third-order valence-electron chi connectivity index (χ3n) is 3.65. The Morgan fingerprint density at radius 1 is 1.40 bits per heavy atom. The summed E-state index contributed by atoms with van der Waals surface area (Å²) in [5, 5.41) is 20.2. The number of thiol groups is 1. The molecule has 1 aliphatic rings. The number of rotatable bonds is 10. The number of aliphatic carboxylic acids is 2. The number of carbonyl (C=O) groups is 4. The Kier molecular flexibility index (Phi) is 7.38. The van der Waals surface area contributed by atoms with Gasteiger partial charge in [-0.15, -0.1) is 12.6 Å². The van der Waals surface area contributed by atoms with E-state index >= 15 is 0 Å². The fraction of sp³-hybridized carbons (Fsp3) is 0.692. The average Bonchev–Trinajstić information content (AvgIpc) is 2.49. The Morgan fingerprint density at radius 3 is 2.44 bits per heavy atom. The van der Waals surface area contributed by atoms with E-state index in [-0.39, 0.29) is 31.6 Å². The Balaban J connectivity index is 2.54. The van der Waals surface area contributed by atoms with Crippen LogP contribution in [-0.4, -0.2) is 78.6 Å². The molecule has 0 radical (unpaired) electrons. The van der Waals surface area contributed by atoms with E-state index in [2.05, 4.69) is 17.9 Å². The number of carboxylic acid groups (broad SMARTS) is 2. The quantitative estimate of drug-likeness (QED) is 0.161. The molecule has 0 spiro atoms. The third kappa shape index (κ3) is 5.68. The van der Waals surface area contributed by atoms with E-state index in [0.29, 0.717) is 0 Å². The maximum Gasteiger partial charge on any atom is 0.327 e. The van der Waals surface area contributed by atoms with Crippen molar-refractivity contribution in [3.05, 3.63) is 0 Å². The molecule has 12 heteroatoms. The highest BCUT2D eigenvalue weighted by molar-refractivity contribution is 7.84. The second kappa shape index (κ2) is 8.63. The lowest BCUT2D eigenvalue weighted by Gasteiger charge is -2.48. The number of carboxylic acids is 2. The summed E-state index contributed by atoms with van der Waals surface area (Å²) in [6.45, 7) is -0.135. The zero-order valence-electron chi connectivity index (χ0n) is 13.5. The third-order valence-corrected chi connectivity index (χ3v) is 4.88. The van der Waals surface area contributed by atoms with Crippen LogP contribution in [0.3, 0.4) is 0 Å². The first-order chi connectivity index (χ1) is 11.5.